The van der Waals surface area contributed by atoms with Gasteiger partial charge in [-0.1, -0.05) is 78.9 Å². The fourth-order valence-electron chi connectivity index (χ4n) is 4.21. The average Bonchev–Trinajstić information content (AvgIpc) is 3.19. The zero-order valence-corrected chi connectivity index (χ0v) is 18.5. The van der Waals surface area contributed by atoms with E-state index >= 15 is 0 Å². The third kappa shape index (κ3) is 4.56. The molecule has 2 amide bonds. The molecule has 34 heavy (non-hydrogen) atoms. The lowest BCUT2D eigenvalue weighted by atomic mass is 10.0. The number of nitrogens with one attached hydrogen (secondary N) is 1. The van der Waals surface area contributed by atoms with Crippen molar-refractivity contribution < 1.29 is 29.0 Å². The standard InChI is InChI=1S/C26H24N2O6/c1-33-26(32)28(23-20-13-7-5-11-18(20)19-12-6-8-14-21(19)23)22(24(29)30)15-27-25(31)34-16-17-9-3-2-4-10-17/h2-14,22-23H,15-16H2,1H3,(H,27,31)(H,29,30)/t22-/m0/s1. The summed E-state index contributed by atoms with van der Waals surface area (Å²) < 4.78 is 10.2. The molecule has 0 saturated heterocycles. The number of carboxylic acid groups (broad SMARTS) is 1. The molecule has 2 N–H and O–H groups in total. The highest BCUT2D eigenvalue weighted by atomic mass is 16.6. The molecule has 0 saturated carbocycles. The number of hydrogen-bond donors (Lipinski definition) is 2. The van der Waals surface area contributed by atoms with Crippen LogP contribution in [0.3, 0.4) is 0 Å². The van der Waals surface area contributed by atoms with E-state index < -0.39 is 30.2 Å². The number of alkyl carbamates (subject to hydrolysis) is 1. The van der Waals surface area contributed by atoms with E-state index in [1.807, 2.05) is 66.7 Å². The van der Waals surface area contributed by atoms with Gasteiger partial charge in [0.1, 0.15) is 6.61 Å². The summed E-state index contributed by atoms with van der Waals surface area (Å²) in [4.78, 5) is 38.6. The normalized spacial score (nSPS) is 12.7. The fraction of sp³-hybridized carbons (Fsp3) is 0.192. The van der Waals surface area contributed by atoms with Gasteiger partial charge >= 0.3 is 18.2 Å². The van der Waals surface area contributed by atoms with Gasteiger partial charge in [-0.15, -0.1) is 0 Å². The number of carboxylic acids is 1. The Morgan fingerprint density at radius 3 is 2.03 bits per heavy atom. The highest BCUT2D eigenvalue weighted by Gasteiger charge is 2.42. The lowest BCUT2D eigenvalue weighted by Crippen LogP contribution is -2.52. The molecule has 1 atom stereocenters. The van der Waals surface area contributed by atoms with Crippen LogP contribution in [0.25, 0.3) is 11.1 Å². The molecular weight excluding hydrogens is 436 g/mol. The van der Waals surface area contributed by atoms with Crippen molar-refractivity contribution >= 4 is 18.2 Å². The number of benzene rings is 3. The third-order valence-corrected chi connectivity index (χ3v) is 5.74. The molecule has 0 aliphatic heterocycles. The molecule has 8 heteroatoms. The van der Waals surface area contributed by atoms with E-state index in [0.717, 1.165) is 32.7 Å². The number of aliphatic carboxylic acids is 1. The number of nitrogens with zero attached hydrogens (tertiary/aromatic N) is 1. The SMILES string of the molecule is COC(=O)N(C1c2ccccc2-c2ccccc21)[C@@H](CNC(=O)OCc1ccccc1)C(=O)O. The molecule has 0 radical (unpaired) electrons. The number of ether oxygens (including phenoxy) is 2. The predicted molar refractivity (Wildman–Crippen MR) is 124 cm³/mol. The van der Waals surface area contributed by atoms with Crippen molar-refractivity contribution in [3.8, 4) is 11.1 Å². The molecule has 174 valence electrons. The van der Waals surface area contributed by atoms with Gasteiger partial charge in [0.15, 0.2) is 6.04 Å². The Hall–Kier alpha value is -4.33. The Kier molecular flexibility index (Phi) is 6.77. The Bertz CT molecular complexity index is 1150. The zero-order chi connectivity index (χ0) is 24.1. The monoisotopic (exact) mass is 460 g/mol. The molecule has 0 fully saturated rings. The summed E-state index contributed by atoms with van der Waals surface area (Å²) in [7, 11) is 1.20. The van der Waals surface area contributed by atoms with Crippen LogP contribution in [0, 0.1) is 0 Å². The van der Waals surface area contributed by atoms with Gasteiger partial charge in [0.2, 0.25) is 0 Å². The second-order valence-electron chi connectivity index (χ2n) is 7.75. The van der Waals surface area contributed by atoms with Crippen LogP contribution < -0.4 is 5.32 Å². The Morgan fingerprint density at radius 2 is 1.47 bits per heavy atom. The van der Waals surface area contributed by atoms with E-state index in [-0.39, 0.29) is 13.2 Å². The molecule has 0 heterocycles. The van der Waals surface area contributed by atoms with Crippen LogP contribution in [0.1, 0.15) is 22.7 Å². The van der Waals surface area contributed by atoms with Gasteiger partial charge in [-0.2, -0.15) is 0 Å². The smallest absolute Gasteiger partial charge is 0.411 e. The highest BCUT2D eigenvalue weighted by molar-refractivity contribution is 5.85. The Balaban J connectivity index is 1.59. The number of carbonyl (C=O) groups excluding carboxylic acids is 2. The number of methoxy groups -OCH3 is 1. The Labute approximate surface area is 196 Å². The summed E-state index contributed by atoms with van der Waals surface area (Å²) in [6.45, 7) is -0.326. The van der Waals surface area contributed by atoms with Crippen molar-refractivity contribution in [1.29, 1.82) is 0 Å². The van der Waals surface area contributed by atoms with Gasteiger partial charge < -0.3 is 19.9 Å². The summed E-state index contributed by atoms with van der Waals surface area (Å²) >= 11 is 0. The summed E-state index contributed by atoms with van der Waals surface area (Å²) in [6, 6.07) is 22.0. The molecule has 0 unspecified atom stereocenters. The van der Waals surface area contributed by atoms with Gasteiger partial charge in [-0.25, -0.2) is 14.4 Å². The van der Waals surface area contributed by atoms with Crippen LogP contribution in [-0.2, 0) is 20.9 Å². The van der Waals surface area contributed by atoms with Crippen molar-refractivity contribution in [1.82, 2.24) is 10.2 Å². The summed E-state index contributed by atoms with van der Waals surface area (Å²) in [5.41, 5.74) is 4.19. The molecule has 0 bridgehead atoms. The first-order chi connectivity index (χ1) is 16.5. The van der Waals surface area contributed by atoms with Crippen molar-refractivity contribution in [2.75, 3.05) is 13.7 Å². The first-order valence-electron chi connectivity index (χ1n) is 10.7. The maximum absolute atomic E-state index is 12.9. The van der Waals surface area contributed by atoms with E-state index in [9.17, 15) is 19.5 Å². The largest absolute Gasteiger partial charge is 0.480 e. The highest BCUT2D eigenvalue weighted by Crippen LogP contribution is 2.46. The van der Waals surface area contributed by atoms with E-state index in [1.165, 1.54) is 7.11 Å². The maximum Gasteiger partial charge on any atom is 0.411 e. The molecule has 1 aliphatic rings. The van der Waals surface area contributed by atoms with E-state index in [0.29, 0.717) is 0 Å². The lowest BCUT2D eigenvalue weighted by molar-refractivity contribution is -0.143. The van der Waals surface area contributed by atoms with E-state index in [1.54, 1.807) is 12.1 Å². The van der Waals surface area contributed by atoms with Gasteiger partial charge in [0, 0.05) is 0 Å². The first-order valence-corrected chi connectivity index (χ1v) is 10.7. The van der Waals surface area contributed by atoms with Gasteiger partial charge in [0.25, 0.3) is 0 Å². The minimum Gasteiger partial charge on any atom is -0.480 e. The van der Waals surface area contributed by atoms with Crippen molar-refractivity contribution in [3.63, 3.8) is 0 Å². The third-order valence-electron chi connectivity index (χ3n) is 5.74. The van der Waals surface area contributed by atoms with E-state index in [4.69, 9.17) is 9.47 Å². The lowest BCUT2D eigenvalue weighted by Gasteiger charge is -2.34. The van der Waals surface area contributed by atoms with Crippen LogP contribution in [0.2, 0.25) is 0 Å². The molecule has 0 spiro atoms. The second kappa shape index (κ2) is 10.1. The first kappa shape index (κ1) is 22.8. The molecule has 3 aromatic rings. The van der Waals surface area contributed by atoms with Crippen molar-refractivity contribution in [3.05, 3.63) is 95.6 Å². The average molecular weight is 460 g/mol. The van der Waals surface area contributed by atoms with Gasteiger partial charge in [-0.3, -0.25) is 4.90 Å². The summed E-state index contributed by atoms with van der Waals surface area (Å²) in [5, 5.41) is 12.5. The predicted octanol–water partition coefficient (Wildman–Crippen LogP) is 4.20. The summed E-state index contributed by atoms with van der Waals surface area (Å²) in [5.74, 6) is -1.28. The maximum atomic E-state index is 12.9. The molecule has 0 aromatic heterocycles. The van der Waals surface area contributed by atoms with Gasteiger partial charge in [0.05, 0.1) is 19.7 Å². The van der Waals surface area contributed by atoms with Crippen LogP contribution in [0.4, 0.5) is 9.59 Å². The molecule has 1 aliphatic carbocycles. The van der Waals surface area contributed by atoms with Gasteiger partial charge in [-0.05, 0) is 27.8 Å². The van der Waals surface area contributed by atoms with Crippen LogP contribution in [0.15, 0.2) is 78.9 Å². The number of hydrogen-bond acceptors (Lipinski definition) is 5. The van der Waals surface area contributed by atoms with Crippen LogP contribution in [0.5, 0.6) is 0 Å². The number of fused-ring (bicyclic) bond motifs is 3. The minimum absolute atomic E-state index is 0.0362. The van der Waals surface area contributed by atoms with Crippen LogP contribution in [-0.4, -0.2) is 47.9 Å². The topological polar surface area (TPSA) is 105 Å². The molecule has 4 rings (SSSR count). The molecule has 8 nitrogen and oxygen atoms in total. The number of rotatable bonds is 7. The van der Waals surface area contributed by atoms with Crippen molar-refractivity contribution in [2.24, 2.45) is 0 Å². The van der Waals surface area contributed by atoms with Crippen LogP contribution >= 0.6 is 0 Å². The fourth-order valence-corrected chi connectivity index (χ4v) is 4.21. The quantitative estimate of drug-likeness (QED) is 0.547. The molecular formula is C26H24N2O6. The zero-order valence-electron chi connectivity index (χ0n) is 18.5. The minimum atomic E-state index is -1.40. The Morgan fingerprint density at radius 1 is 0.912 bits per heavy atom. The van der Waals surface area contributed by atoms with E-state index in [2.05, 4.69) is 5.32 Å². The molecule has 3 aromatic carbocycles. The second-order valence-corrected chi connectivity index (χ2v) is 7.75. The number of carbonyl (C=O) groups is 3. The number of amides is 2. The summed E-state index contributed by atoms with van der Waals surface area (Å²) in [6.07, 6.45) is -1.60. The van der Waals surface area contributed by atoms with Crippen molar-refractivity contribution in [2.45, 2.75) is 18.7 Å².